The lowest BCUT2D eigenvalue weighted by atomic mass is 10.2. The highest BCUT2D eigenvalue weighted by molar-refractivity contribution is 7.58. The zero-order valence-electron chi connectivity index (χ0n) is 8.98. The standard InChI is InChI=1S/C11H12Cl3OP/c1-6(2)5-16-11(15)9-7(12)3-4-8(13)10(9)14/h3-4,6,16H,5H2,1-2H3. The third kappa shape index (κ3) is 3.60. The van der Waals surface area contributed by atoms with Crippen LogP contribution in [-0.2, 0) is 0 Å². The Bertz CT molecular complexity index is 404. The number of carbonyl (C=O) groups is 1. The first kappa shape index (κ1) is 14.3. The van der Waals surface area contributed by atoms with Gasteiger partial charge in [0.1, 0.15) is 0 Å². The summed E-state index contributed by atoms with van der Waals surface area (Å²) in [7, 11) is 0.186. The summed E-state index contributed by atoms with van der Waals surface area (Å²) < 4.78 is 0. The van der Waals surface area contributed by atoms with E-state index in [0.717, 1.165) is 6.16 Å². The van der Waals surface area contributed by atoms with Gasteiger partial charge in [0.25, 0.3) is 0 Å². The Kier molecular flexibility index (Phi) is 5.53. The Morgan fingerprint density at radius 3 is 2.38 bits per heavy atom. The first-order valence-electron chi connectivity index (χ1n) is 4.85. The maximum atomic E-state index is 11.9. The van der Waals surface area contributed by atoms with Crippen LogP contribution in [0, 0.1) is 5.92 Å². The first-order chi connectivity index (χ1) is 7.43. The van der Waals surface area contributed by atoms with E-state index in [1.54, 1.807) is 12.1 Å². The molecule has 0 saturated heterocycles. The SMILES string of the molecule is CC(C)CPC(=O)c1c(Cl)ccc(Cl)c1Cl. The molecule has 0 N–H and O–H groups in total. The van der Waals surface area contributed by atoms with Crippen molar-refractivity contribution in [1.29, 1.82) is 0 Å². The van der Waals surface area contributed by atoms with Gasteiger partial charge in [-0.2, -0.15) is 0 Å². The average molecular weight is 298 g/mol. The molecule has 1 aromatic rings. The molecule has 0 saturated carbocycles. The third-order valence-corrected chi connectivity index (χ3v) is 4.65. The van der Waals surface area contributed by atoms with Crippen molar-refractivity contribution in [2.45, 2.75) is 13.8 Å². The summed E-state index contributed by atoms with van der Waals surface area (Å²) in [6.45, 7) is 4.14. The molecule has 16 heavy (non-hydrogen) atoms. The molecule has 0 amide bonds. The topological polar surface area (TPSA) is 17.1 Å². The molecule has 88 valence electrons. The summed E-state index contributed by atoms with van der Waals surface area (Å²) in [5.74, 6) is 0.485. The van der Waals surface area contributed by atoms with Crippen molar-refractivity contribution in [2.24, 2.45) is 5.92 Å². The summed E-state index contributed by atoms with van der Waals surface area (Å²) in [6.07, 6.45) is 0.845. The molecule has 1 rings (SSSR count). The molecular weight excluding hydrogens is 285 g/mol. The van der Waals surface area contributed by atoms with Gasteiger partial charge in [-0.25, -0.2) is 0 Å². The Morgan fingerprint density at radius 1 is 1.25 bits per heavy atom. The molecule has 0 radical (unpaired) electrons. The number of hydrogen-bond acceptors (Lipinski definition) is 1. The fraction of sp³-hybridized carbons (Fsp3) is 0.364. The minimum atomic E-state index is -0.0220. The van der Waals surface area contributed by atoms with Gasteiger partial charge in [0, 0.05) is 0 Å². The molecule has 1 nitrogen and oxygen atoms in total. The van der Waals surface area contributed by atoms with Crippen LogP contribution in [-0.4, -0.2) is 11.7 Å². The lowest BCUT2D eigenvalue weighted by molar-refractivity contribution is 0.108. The molecule has 1 atom stereocenters. The van der Waals surface area contributed by atoms with Crippen LogP contribution in [0.2, 0.25) is 15.1 Å². The minimum Gasteiger partial charge on any atom is -0.289 e. The van der Waals surface area contributed by atoms with E-state index in [0.29, 0.717) is 21.5 Å². The van der Waals surface area contributed by atoms with Crippen LogP contribution in [0.4, 0.5) is 0 Å². The van der Waals surface area contributed by atoms with Crippen molar-refractivity contribution in [2.75, 3.05) is 6.16 Å². The molecule has 0 bridgehead atoms. The smallest absolute Gasteiger partial charge is 0.184 e. The Morgan fingerprint density at radius 2 is 1.81 bits per heavy atom. The lowest BCUT2D eigenvalue weighted by Crippen LogP contribution is -1.99. The predicted octanol–water partition coefficient (Wildman–Crippen LogP) is 5.12. The second kappa shape index (κ2) is 6.21. The molecule has 0 heterocycles. The molecule has 0 spiro atoms. The normalized spacial score (nSPS) is 11.6. The van der Waals surface area contributed by atoms with Gasteiger partial charge in [-0.3, -0.25) is 4.79 Å². The largest absolute Gasteiger partial charge is 0.289 e. The summed E-state index contributed by atoms with van der Waals surface area (Å²) in [4.78, 5) is 11.9. The highest BCUT2D eigenvalue weighted by Gasteiger charge is 2.17. The second-order valence-electron chi connectivity index (χ2n) is 3.82. The summed E-state index contributed by atoms with van der Waals surface area (Å²) >= 11 is 17.8. The Hall–Kier alpha value is 0.190. The third-order valence-electron chi connectivity index (χ3n) is 1.94. The van der Waals surface area contributed by atoms with Gasteiger partial charge >= 0.3 is 0 Å². The van der Waals surface area contributed by atoms with Crippen molar-refractivity contribution in [1.82, 2.24) is 0 Å². The van der Waals surface area contributed by atoms with Crippen LogP contribution in [0.5, 0.6) is 0 Å². The fourth-order valence-corrected chi connectivity index (χ4v) is 3.01. The van der Waals surface area contributed by atoms with Crippen LogP contribution in [0.3, 0.4) is 0 Å². The predicted molar refractivity (Wildman–Crippen MR) is 73.8 cm³/mol. The maximum absolute atomic E-state index is 11.9. The number of rotatable bonds is 4. The molecule has 0 fully saturated rings. The highest BCUT2D eigenvalue weighted by atomic mass is 35.5. The van der Waals surface area contributed by atoms with Crippen LogP contribution in [0.25, 0.3) is 0 Å². The first-order valence-corrected chi connectivity index (χ1v) is 7.19. The fourth-order valence-electron chi connectivity index (χ4n) is 1.12. The van der Waals surface area contributed by atoms with Gasteiger partial charge in [0.05, 0.1) is 20.6 Å². The quantitative estimate of drug-likeness (QED) is 0.557. The second-order valence-corrected chi connectivity index (χ2v) is 6.23. The van der Waals surface area contributed by atoms with Gasteiger partial charge in [-0.15, -0.1) is 0 Å². The van der Waals surface area contributed by atoms with E-state index in [-0.39, 0.29) is 19.1 Å². The van der Waals surface area contributed by atoms with Crippen LogP contribution < -0.4 is 0 Å². The zero-order valence-corrected chi connectivity index (χ0v) is 12.2. The van der Waals surface area contributed by atoms with E-state index >= 15 is 0 Å². The van der Waals surface area contributed by atoms with Crippen molar-refractivity contribution in [3.63, 3.8) is 0 Å². The zero-order chi connectivity index (χ0) is 12.3. The van der Waals surface area contributed by atoms with Crippen molar-refractivity contribution < 1.29 is 4.79 Å². The van der Waals surface area contributed by atoms with Crippen molar-refractivity contribution in [3.8, 4) is 0 Å². The molecule has 0 aliphatic heterocycles. The molecular formula is C11H12Cl3OP. The van der Waals surface area contributed by atoms with Crippen molar-refractivity contribution >= 4 is 48.9 Å². The van der Waals surface area contributed by atoms with Crippen LogP contribution >= 0.6 is 43.4 Å². The van der Waals surface area contributed by atoms with Gasteiger partial charge in [0.15, 0.2) is 5.52 Å². The van der Waals surface area contributed by atoms with E-state index in [1.165, 1.54) is 0 Å². The van der Waals surface area contributed by atoms with Gasteiger partial charge in [0.2, 0.25) is 0 Å². The number of hydrogen-bond donors (Lipinski definition) is 0. The van der Waals surface area contributed by atoms with E-state index in [4.69, 9.17) is 34.8 Å². The van der Waals surface area contributed by atoms with E-state index in [1.807, 2.05) is 0 Å². The average Bonchev–Trinajstić information content (AvgIpc) is 2.21. The van der Waals surface area contributed by atoms with Gasteiger partial charge in [-0.05, 0) is 32.8 Å². The van der Waals surface area contributed by atoms with E-state index in [2.05, 4.69) is 13.8 Å². The molecule has 0 aromatic heterocycles. The molecule has 1 unspecified atom stereocenters. The molecule has 1 aromatic carbocycles. The molecule has 0 aliphatic rings. The lowest BCUT2D eigenvalue weighted by Gasteiger charge is -2.08. The summed E-state index contributed by atoms with van der Waals surface area (Å²) in [5.41, 5.74) is 0.334. The van der Waals surface area contributed by atoms with Gasteiger partial charge < -0.3 is 0 Å². The Balaban J connectivity index is 2.95. The molecule has 0 aliphatic carbocycles. The van der Waals surface area contributed by atoms with E-state index < -0.39 is 0 Å². The van der Waals surface area contributed by atoms with Crippen molar-refractivity contribution in [3.05, 3.63) is 32.8 Å². The number of carbonyl (C=O) groups excluding carboxylic acids is 1. The number of halogens is 3. The van der Waals surface area contributed by atoms with Gasteiger partial charge in [-0.1, -0.05) is 48.7 Å². The Labute approximate surface area is 112 Å². The maximum Gasteiger partial charge on any atom is 0.184 e. The van der Waals surface area contributed by atoms with E-state index in [9.17, 15) is 4.79 Å². The number of benzene rings is 1. The molecule has 5 heteroatoms. The summed E-state index contributed by atoms with van der Waals surface area (Å²) in [6, 6.07) is 3.19. The minimum absolute atomic E-state index is 0.0220. The summed E-state index contributed by atoms with van der Waals surface area (Å²) in [5, 5.41) is 0.995. The monoisotopic (exact) mass is 296 g/mol. The van der Waals surface area contributed by atoms with Crippen LogP contribution in [0.15, 0.2) is 12.1 Å². The van der Waals surface area contributed by atoms with Crippen LogP contribution in [0.1, 0.15) is 24.2 Å². The highest BCUT2D eigenvalue weighted by Crippen LogP contribution is 2.35.